The molecule has 0 saturated heterocycles. The minimum atomic E-state index is -0.887. The van der Waals surface area contributed by atoms with Gasteiger partial charge in [0.15, 0.2) is 22.0 Å². The molecule has 0 bridgehead atoms. The number of aliphatic hydroxyl groups excluding tert-OH is 2. The Morgan fingerprint density at radius 2 is 1.06 bits per heavy atom. The second-order valence-electron chi connectivity index (χ2n) is 16.9. The summed E-state index contributed by atoms with van der Waals surface area (Å²) >= 11 is 2.93. The molecule has 0 aliphatic carbocycles. The molecule has 0 spiro atoms. The van der Waals surface area contributed by atoms with Gasteiger partial charge in [-0.1, -0.05) is 91.0 Å². The van der Waals surface area contributed by atoms with Crippen molar-refractivity contribution in [1.29, 1.82) is 0 Å². The number of nitrogens with one attached hydrogen (secondary N) is 1. The molecule has 5 aromatic carbocycles. The first-order valence-corrected chi connectivity index (χ1v) is 26.0. The van der Waals surface area contributed by atoms with Crippen LogP contribution in [-0.4, -0.2) is 125 Å². The van der Waals surface area contributed by atoms with E-state index >= 15 is 0 Å². The van der Waals surface area contributed by atoms with E-state index in [1.54, 1.807) is 33.7 Å². The number of hydrogen-bond donors (Lipinski definition) is 4. The van der Waals surface area contributed by atoms with Crippen molar-refractivity contribution in [3.8, 4) is 0 Å². The molecule has 0 radical (unpaired) electrons. The van der Waals surface area contributed by atoms with Crippen molar-refractivity contribution in [2.75, 3.05) is 33.5 Å². The molecule has 0 saturated carbocycles. The zero-order valence-electron chi connectivity index (χ0n) is 47.6. The number of nitrogens with zero attached hydrogens (tertiary/aromatic N) is 4. The van der Waals surface area contributed by atoms with E-state index < -0.39 is 29.7 Å². The smallest absolute Gasteiger partial charge is 1.00 e. The summed E-state index contributed by atoms with van der Waals surface area (Å²) in [5.74, 6) is -3.74. The predicted molar refractivity (Wildman–Crippen MR) is 325 cm³/mol. The maximum atomic E-state index is 11.9. The van der Waals surface area contributed by atoms with E-state index in [1.807, 2.05) is 104 Å². The van der Waals surface area contributed by atoms with Crippen LogP contribution in [0, 0.1) is 0 Å². The number of ether oxygens (including phenoxy) is 3. The number of Topliss-reactive ketones (excluding diaryl/α,β-unsaturated/α-hetero) is 1. The largest absolute Gasteiger partial charge is 1.00 e. The first-order chi connectivity index (χ1) is 39.0. The van der Waals surface area contributed by atoms with Gasteiger partial charge in [-0.05, 0) is 106 Å². The topological polar surface area (TPSA) is 245 Å². The van der Waals surface area contributed by atoms with Crippen molar-refractivity contribution in [2.45, 2.75) is 53.9 Å². The minimum Gasteiger partial charge on any atom is -1.00 e. The Morgan fingerprint density at radius 1 is 0.602 bits per heavy atom. The van der Waals surface area contributed by atoms with Gasteiger partial charge in [0.05, 0.1) is 39.0 Å². The fourth-order valence-corrected chi connectivity index (χ4v) is 7.83. The molecule has 5 aromatic heterocycles. The molecule has 19 nitrogen and oxygen atoms in total. The molecule has 22 heteroatoms. The summed E-state index contributed by atoms with van der Waals surface area (Å²) in [6.45, 7) is 11.9. The molecule has 0 aliphatic rings. The number of ketones is 1. The van der Waals surface area contributed by atoms with Crippen molar-refractivity contribution in [3.05, 3.63) is 193 Å². The number of carbonyl (C=O) groups excluding carboxylic acids is 5. The standard InChI is InChI=1S/C13H13NO4.C12H13NO2.C10H9NO2.C10H11NO.C8H7N.C4H7BrO2.C4H6O3.Al.Li.4H/c1-18-13(17)12(16)10-8-14(6-7-15)11-5-3-2-4-9(10)11;1-10(14)15-9-8-13-7-6-11-4-2-3-5-12(11)13;12-10(13)7-11-6-5-8-3-1-2-4-9(8)11;12-8-7-11-6-5-9-3-1-2-4-10(9)11;1-2-4-8-7(3-1)5-6-9-8;1-3-6-7-4(2)5;1-3(5)7-4(2)6;;;;;;/h2-5,8,15H,6-7H2,1H3;2-7H,8-9H2,1H3;1-6H,7H2,(H,12,13);1-6,12H,7-8H2;1-6,9H;2-3H2,1H3;1-2H3;;;;;;/q;;;;;;;;+1;;;;-1. The number of carboxylic acids is 1. The van der Waals surface area contributed by atoms with Gasteiger partial charge in [-0.3, -0.25) is 24.0 Å². The second kappa shape index (κ2) is 38.7. The Morgan fingerprint density at radius 3 is 1.51 bits per heavy atom. The van der Waals surface area contributed by atoms with Gasteiger partial charge < -0.3 is 59.1 Å². The zero-order valence-corrected chi connectivity index (χ0v) is 48.2. The summed E-state index contributed by atoms with van der Waals surface area (Å²) in [6, 6.07) is 47.6. The van der Waals surface area contributed by atoms with Gasteiger partial charge in [0.1, 0.15) is 13.2 Å². The van der Waals surface area contributed by atoms with Gasteiger partial charge in [-0.2, -0.15) is 4.89 Å². The molecular formula is C61H70AlBrLiN5O14. The zero-order chi connectivity index (χ0) is 59.1. The minimum absolute atomic E-state index is 0. The van der Waals surface area contributed by atoms with Crippen molar-refractivity contribution in [1.82, 2.24) is 23.3 Å². The van der Waals surface area contributed by atoms with Crippen LogP contribution in [-0.2, 0) is 74.1 Å². The van der Waals surface area contributed by atoms with Crippen LogP contribution in [0.3, 0.4) is 0 Å². The van der Waals surface area contributed by atoms with E-state index in [0.717, 1.165) is 16.4 Å². The number of benzene rings is 5. The number of aliphatic carboxylic acids is 1. The van der Waals surface area contributed by atoms with E-state index in [1.165, 1.54) is 60.6 Å². The third-order valence-electron chi connectivity index (χ3n) is 11.1. The number of aromatic nitrogens is 5. The molecule has 4 N–H and O–H groups in total. The Hall–Kier alpha value is -7.95. The van der Waals surface area contributed by atoms with Crippen LogP contribution in [0.1, 0.15) is 39.5 Å². The van der Waals surface area contributed by atoms with Crippen LogP contribution in [0.5, 0.6) is 0 Å². The quantitative estimate of drug-likeness (QED) is 0.0104. The van der Waals surface area contributed by atoms with Crippen molar-refractivity contribution < 1.29 is 88.4 Å². The Kier molecular flexibility index (Phi) is 33.2. The number of aliphatic hydroxyl groups is 2. The first-order valence-electron chi connectivity index (χ1n) is 25.3. The van der Waals surface area contributed by atoms with E-state index in [-0.39, 0.29) is 63.4 Å². The monoisotopic (exact) mass is 1210 g/mol. The number of methoxy groups -OCH3 is 1. The van der Waals surface area contributed by atoms with Gasteiger partial charge in [-0.15, -0.1) is 0 Å². The summed E-state index contributed by atoms with van der Waals surface area (Å²) in [5, 5.41) is 31.9. The molecule has 434 valence electrons. The maximum Gasteiger partial charge on any atom is 1.00 e. The summed E-state index contributed by atoms with van der Waals surface area (Å²) < 4.78 is 21.3. The summed E-state index contributed by atoms with van der Waals surface area (Å²) in [6.07, 6.45) is 9.32. The molecule has 10 rings (SSSR count). The van der Waals surface area contributed by atoms with Gasteiger partial charge in [-0.25, -0.2) is 4.79 Å². The maximum absolute atomic E-state index is 11.9. The van der Waals surface area contributed by atoms with Crippen LogP contribution < -0.4 is 18.9 Å². The summed E-state index contributed by atoms with van der Waals surface area (Å²) in [7, 11) is 1.17. The number of rotatable bonds is 14. The van der Waals surface area contributed by atoms with Gasteiger partial charge in [0.2, 0.25) is 0 Å². The molecule has 10 aromatic rings. The van der Waals surface area contributed by atoms with Crippen LogP contribution >= 0.6 is 15.9 Å². The van der Waals surface area contributed by atoms with E-state index in [9.17, 15) is 28.8 Å². The molecular weight excluding hydrogens is 1140 g/mol. The number of halogens is 1. The molecule has 0 aliphatic heterocycles. The second-order valence-corrected chi connectivity index (χ2v) is 17.8. The van der Waals surface area contributed by atoms with Crippen LogP contribution in [0.15, 0.2) is 188 Å². The van der Waals surface area contributed by atoms with Crippen molar-refractivity contribution >= 4 is 123 Å². The van der Waals surface area contributed by atoms with Crippen molar-refractivity contribution in [2.24, 2.45) is 0 Å². The number of hydrogen-bond acceptors (Lipinski definition) is 13. The SMILES string of the molecule is C=C(Br)OOCC.CC(=O)OC(C)=O.CC(=O)OCCn1ccc2ccccc21.COC(=O)C(=O)c1cn(CCO)c2ccccc12.O=C(O)Cn1ccc2ccccc21.OCCn1ccc2ccccc21.[AlH3].[H-].[Li+].c1ccc2[nH]ccc2c1. The summed E-state index contributed by atoms with van der Waals surface area (Å²) in [5.41, 5.74) is 5.63. The fraction of sp³-hybridized carbons (Fsp3) is 0.213. The van der Waals surface area contributed by atoms with E-state index in [4.69, 9.17) is 20.1 Å². The van der Waals surface area contributed by atoms with Gasteiger partial charge >= 0.3 is 48.7 Å². The first kappa shape index (κ1) is 71.2. The van der Waals surface area contributed by atoms with Gasteiger partial charge in [0, 0.05) is 97.8 Å². The number of H-pyrrole nitrogens is 1. The van der Waals surface area contributed by atoms with E-state index in [2.05, 4.69) is 110 Å². The van der Waals surface area contributed by atoms with Crippen molar-refractivity contribution in [3.63, 3.8) is 0 Å². The van der Waals surface area contributed by atoms with Gasteiger partial charge in [0.25, 0.3) is 5.78 Å². The van der Waals surface area contributed by atoms with Crippen LogP contribution in [0.2, 0.25) is 0 Å². The normalized spacial score (nSPS) is 9.83. The fourth-order valence-electron chi connectivity index (χ4n) is 7.73. The predicted octanol–water partition coefficient (Wildman–Crippen LogP) is 6.57. The molecule has 83 heavy (non-hydrogen) atoms. The number of carboxylic acid groups (broad SMARTS) is 1. The number of fused-ring (bicyclic) bond motifs is 5. The molecule has 0 amide bonds. The molecule has 5 heterocycles. The number of para-hydroxylation sites is 5. The number of aromatic amines is 1. The molecule has 0 unspecified atom stereocenters. The molecule has 0 atom stereocenters. The Labute approximate surface area is 512 Å². The number of carbonyl (C=O) groups is 6. The Bertz CT molecular complexity index is 3590. The number of esters is 4. The molecule has 0 fully saturated rings. The average Bonchev–Trinajstić information content (AvgIpc) is 4.44. The van der Waals surface area contributed by atoms with Crippen LogP contribution in [0.4, 0.5) is 0 Å². The van der Waals surface area contributed by atoms with Crippen LogP contribution in [0.25, 0.3) is 54.5 Å². The van der Waals surface area contributed by atoms with E-state index in [0.29, 0.717) is 48.5 Å². The Balaban J connectivity index is 0.000000498. The third kappa shape index (κ3) is 24.2. The summed E-state index contributed by atoms with van der Waals surface area (Å²) in [4.78, 5) is 75.8. The third-order valence-corrected chi connectivity index (χ3v) is 11.2. The average molecular weight is 1210 g/mol.